The molecule has 0 bridgehead atoms. The van der Waals surface area contributed by atoms with Crippen molar-refractivity contribution in [2.24, 2.45) is 28.6 Å². The maximum absolute atomic E-state index is 11.3. The molecule has 4 unspecified atom stereocenters. The average molecular weight is 324 g/mol. The van der Waals surface area contributed by atoms with Crippen LogP contribution in [-0.4, -0.2) is 25.2 Å². The first-order chi connectivity index (χ1) is 10.7. The quantitative estimate of drug-likeness (QED) is 0.734. The molecule has 4 nitrogen and oxygen atoms in total. The zero-order chi connectivity index (χ0) is 17.3. The van der Waals surface area contributed by atoms with Gasteiger partial charge in [0.05, 0.1) is 13.2 Å². The maximum Gasteiger partial charge on any atom is 0.302 e. The Hall–Kier alpha value is -1.06. The Bertz CT molecular complexity index is 456. The highest BCUT2D eigenvalue weighted by Crippen LogP contribution is 2.61. The van der Waals surface area contributed by atoms with Gasteiger partial charge in [0.15, 0.2) is 0 Å². The Labute approximate surface area is 140 Å². The SMILES string of the molecule is CC(=O)OCC1CCC2C(C)(C)CCCC2(C)C1COC(C)=O. The molecule has 0 heterocycles. The Morgan fingerprint density at radius 3 is 2.17 bits per heavy atom. The molecule has 0 radical (unpaired) electrons. The first kappa shape index (κ1) is 18.3. The number of carbonyl (C=O) groups excluding carboxylic acids is 2. The average Bonchev–Trinajstić information content (AvgIpc) is 2.42. The topological polar surface area (TPSA) is 52.6 Å². The van der Waals surface area contributed by atoms with Crippen LogP contribution in [0.2, 0.25) is 0 Å². The van der Waals surface area contributed by atoms with Crippen LogP contribution in [0.4, 0.5) is 0 Å². The molecular weight excluding hydrogens is 292 g/mol. The summed E-state index contributed by atoms with van der Waals surface area (Å²) in [6.07, 6.45) is 5.87. The number of hydrogen-bond acceptors (Lipinski definition) is 4. The van der Waals surface area contributed by atoms with Gasteiger partial charge in [0, 0.05) is 19.8 Å². The van der Waals surface area contributed by atoms with Gasteiger partial charge in [-0.3, -0.25) is 9.59 Å². The van der Waals surface area contributed by atoms with Crippen molar-refractivity contribution < 1.29 is 19.1 Å². The van der Waals surface area contributed by atoms with Gasteiger partial charge in [0.25, 0.3) is 0 Å². The highest BCUT2D eigenvalue weighted by Gasteiger charge is 2.55. The molecule has 0 aliphatic heterocycles. The summed E-state index contributed by atoms with van der Waals surface area (Å²) in [4.78, 5) is 22.6. The minimum absolute atomic E-state index is 0.153. The predicted octanol–water partition coefficient (Wildman–Crippen LogP) is 3.97. The van der Waals surface area contributed by atoms with Crippen LogP contribution >= 0.6 is 0 Å². The lowest BCUT2D eigenvalue weighted by molar-refractivity contribution is -0.162. The predicted molar refractivity (Wildman–Crippen MR) is 88.7 cm³/mol. The molecule has 2 aliphatic carbocycles. The number of rotatable bonds is 4. The van der Waals surface area contributed by atoms with Crippen molar-refractivity contribution in [3.8, 4) is 0 Å². The molecule has 2 aliphatic rings. The number of carbonyl (C=O) groups is 2. The van der Waals surface area contributed by atoms with E-state index in [2.05, 4.69) is 20.8 Å². The molecule has 0 saturated heterocycles. The van der Waals surface area contributed by atoms with E-state index in [1.165, 1.54) is 39.5 Å². The summed E-state index contributed by atoms with van der Waals surface area (Å²) in [5.41, 5.74) is 0.480. The first-order valence-electron chi connectivity index (χ1n) is 8.93. The van der Waals surface area contributed by atoms with Gasteiger partial charge in [0.2, 0.25) is 0 Å². The number of fused-ring (bicyclic) bond motifs is 1. The van der Waals surface area contributed by atoms with Crippen molar-refractivity contribution in [3.63, 3.8) is 0 Å². The molecule has 4 atom stereocenters. The van der Waals surface area contributed by atoms with Crippen LogP contribution < -0.4 is 0 Å². The van der Waals surface area contributed by atoms with E-state index in [0.717, 1.165) is 6.42 Å². The highest BCUT2D eigenvalue weighted by atomic mass is 16.5. The molecular formula is C19H32O4. The second-order valence-electron chi connectivity index (χ2n) is 8.45. The number of esters is 2. The summed E-state index contributed by atoms with van der Waals surface area (Å²) in [5.74, 6) is 0.736. The molecule has 2 fully saturated rings. The van der Waals surface area contributed by atoms with Gasteiger partial charge >= 0.3 is 11.9 Å². The van der Waals surface area contributed by atoms with E-state index in [-0.39, 0.29) is 29.2 Å². The highest BCUT2D eigenvalue weighted by molar-refractivity contribution is 5.66. The van der Waals surface area contributed by atoms with E-state index in [1.807, 2.05) is 0 Å². The summed E-state index contributed by atoms with van der Waals surface area (Å²) in [6.45, 7) is 10.9. The maximum atomic E-state index is 11.3. The lowest BCUT2D eigenvalue weighted by atomic mass is 9.46. The number of hydrogen-bond donors (Lipinski definition) is 0. The van der Waals surface area contributed by atoms with E-state index >= 15 is 0 Å². The summed E-state index contributed by atoms with van der Waals surface area (Å²) < 4.78 is 10.7. The van der Waals surface area contributed by atoms with Crippen LogP contribution in [0.15, 0.2) is 0 Å². The Morgan fingerprint density at radius 1 is 0.957 bits per heavy atom. The number of ether oxygens (including phenoxy) is 2. The second kappa shape index (κ2) is 6.82. The van der Waals surface area contributed by atoms with Crippen molar-refractivity contribution in [2.75, 3.05) is 13.2 Å². The zero-order valence-electron chi connectivity index (χ0n) is 15.3. The molecule has 0 N–H and O–H groups in total. The third-order valence-corrected chi connectivity index (χ3v) is 6.48. The summed E-state index contributed by atoms with van der Waals surface area (Å²) in [6, 6.07) is 0. The molecule has 132 valence electrons. The van der Waals surface area contributed by atoms with E-state index in [1.54, 1.807) is 0 Å². The van der Waals surface area contributed by atoms with Crippen molar-refractivity contribution in [1.29, 1.82) is 0 Å². The van der Waals surface area contributed by atoms with Gasteiger partial charge in [-0.25, -0.2) is 0 Å². The fourth-order valence-corrected chi connectivity index (χ4v) is 5.41. The molecule has 0 aromatic carbocycles. The Kier molecular flexibility index (Phi) is 5.42. The van der Waals surface area contributed by atoms with Gasteiger partial charge in [-0.1, -0.05) is 27.2 Å². The third-order valence-electron chi connectivity index (χ3n) is 6.48. The minimum atomic E-state index is -0.229. The van der Waals surface area contributed by atoms with Crippen molar-refractivity contribution in [2.45, 2.75) is 66.7 Å². The van der Waals surface area contributed by atoms with E-state index in [9.17, 15) is 9.59 Å². The van der Waals surface area contributed by atoms with Gasteiger partial charge in [0.1, 0.15) is 0 Å². The van der Waals surface area contributed by atoms with Crippen LogP contribution in [0.25, 0.3) is 0 Å². The molecule has 23 heavy (non-hydrogen) atoms. The monoisotopic (exact) mass is 324 g/mol. The first-order valence-corrected chi connectivity index (χ1v) is 8.93. The van der Waals surface area contributed by atoms with E-state index in [4.69, 9.17) is 9.47 Å². The van der Waals surface area contributed by atoms with Gasteiger partial charge < -0.3 is 9.47 Å². The molecule has 0 amide bonds. The van der Waals surface area contributed by atoms with Crippen molar-refractivity contribution in [3.05, 3.63) is 0 Å². The van der Waals surface area contributed by atoms with Crippen LogP contribution in [0.1, 0.15) is 66.7 Å². The molecule has 4 heteroatoms. The van der Waals surface area contributed by atoms with Gasteiger partial charge in [-0.2, -0.15) is 0 Å². The van der Waals surface area contributed by atoms with Gasteiger partial charge in [-0.05, 0) is 48.3 Å². The molecule has 0 spiro atoms. The fraction of sp³-hybridized carbons (Fsp3) is 0.895. The van der Waals surface area contributed by atoms with Crippen LogP contribution in [0, 0.1) is 28.6 Å². The largest absolute Gasteiger partial charge is 0.466 e. The van der Waals surface area contributed by atoms with Crippen LogP contribution in [0.3, 0.4) is 0 Å². The normalized spacial score (nSPS) is 36.0. The van der Waals surface area contributed by atoms with E-state index < -0.39 is 0 Å². The van der Waals surface area contributed by atoms with Crippen LogP contribution in [-0.2, 0) is 19.1 Å². The van der Waals surface area contributed by atoms with Crippen molar-refractivity contribution >= 4 is 11.9 Å². The molecule has 0 aromatic rings. The second-order valence-corrected chi connectivity index (χ2v) is 8.45. The smallest absolute Gasteiger partial charge is 0.302 e. The lowest BCUT2D eigenvalue weighted by Crippen LogP contribution is -2.53. The van der Waals surface area contributed by atoms with Gasteiger partial charge in [-0.15, -0.1) is 0 Å². The molecule has 2 saturated carbocycles. The molecule has 0 aromatic heterocycles. The summed E-state index contributed by atoms with van der Waals surface area (Å²) >= 11 is 0. The Balaban J connectivity index is 2.23. The van der Waals surface area contributed by atoms with E-state index in [0.29, 0.717) is 24.5 Å². The lowest BCUT2D eigenvalue weighted by Gasteiger charge is -2.59. The summed E-state index contributed by atoms with van der Waals surface area (Å²) in [7, 11) is 0. The molecule has 2 rings (SSSR count). The fourth-order valence-electron chi connectivity index (χ4n) is 5.41. The Morgan fingerprint density at radius 2 is 1.57 bits per heavy atom. The van der Waals surface area contributed by atoms with Crippen LogP contribution in [0.5, 0.6) is 0 Å². The standard InChI is InChI=1S/C19H32O4/c1-13(20)22-11-15-7-8-17-18(3,4)9-6-10-19(17,5)16(15)12-23-14(2)21/h15-17H,6-12H2,1-5H3. The zero-order valence-corrected chi connectivity index (χ0v) is 15.3. The summed E-state index contributed by atoms with van der Waals surface area (Å²) in [5, 5.41) is 0. The third kappa shape index (κ3) is 3.89. The minimum Gasteiger partial charge on any atom is -0.466 e. The van der Waals surface area contributed by atoms with Crippen molar-refractivity contribution in [1.82, 2.24) is 0 Å².